The van der Waals surface area contributed by atoms with Crippen LogP contribution in [0.5, 0.6) is 0 Å². The molecule has 23 heavy (non-hydrogen) atoms. The Morgan fingerprint density at radius 2 is 2.04 bits per heavy atom. The van der Waals surface area contributed by atoms with Gasteiger partial charge in [0.05, 0.1) is 0 Å². The lowest BCUT2D eigenvalue weighted by molar-refractivity contribution is -0.144. The molecule has 0 saturated heterocycles. The zero-order chi connectivity index (χ0) is 16.4. The number of aromatic amines is 1. The number of aromatic nitrogens is 4. The summed E-state index contributed by atoms with van der Waals surface area (Å²) >= 11 is 0. The van der Waals surface area contributed by atoms with Crippen LogP contribution in [0.25, 0.3) is 17.2 Å². The van der Waals surface area contributed by atoms with E-state index >= 15 is 0 Å². The first-order valence-electron chi connectivity index (χ1n) is 6.26. The minimum atomic E-state index is -4.66. The highest BCUT2D eigenvalue weighted by molar-refractivity contribution is 6.00. The van der Waals surface area contributed by atoms with Gasteiger partial charge < -0.3 is 4.42 Å². The molecule has 0 radical (unpaired) electrons. The number of anilines is 1. The van der Waals surface area contributed by atoms with Crippen LogP contribution in [0.1, 0.15) is 11.7 Å². The Morgan fingerprint density at radius 3 is 2.74 bits per heavy atom. The molecule has 3 rings (SSSR count). The summed E-state index contributed by atoms with van der Waals surface area (Å²) in [5.74, 6) is -2.31. The number of carbonyl (C=O) groups is 1. The Morgan fingerprint density at radius 1 is 1.26 bits per heavy atom. The van der Waals surface area contributed by atoms with Crippen molar-refractivity contribution >= 4 is 29.0 Å². The SMILES string of the molecule is O=C(C=Cc1nc2ccccc2o1)Nc1n[nH]c(C(F)(F)F)n1. The first-order chi connectivity index (χ1) is 10.9. The van der Waals surface area contributed by atoms with Crippen molar-refractivity contribution in [1.82, 2.24) is 20.2 Å². The molecule has 0 aliphatic heterocycles. The Labute approximate surface area is 126 Å². The van der Waals surface area contributed by atoms with E-state index in [0.29, 0.717) is 11.1 Å². The number of benzene rings is 1. The fraction of sp³-hybridized carbons (Fsp3) is 0.0769. The third kappa shape index (κ3) is 3.36. The quantitative estimate of drug-likeness (QED) is 0.722. The molecule has 0 bridgehead atoms. The Balaban J connectivity index is 1.68. The van der Waals surface area contributed by atoms with Gasteiger partial charge in [-0.1, -0.05) is 12.1 Å². The molecule has 2 heterocycles. The summed E-state index contributed by atoms with van der Waals surface area (Å²) in [6.07, 6.45) is -2.33. The Bertz CT molecular complexity index is 848. The zero-order valence-electron chi connectivity index (χ0n) is 11.3. The van der Waals surface area contributed by atoms with Crippen LogP contribution in [0.3, 0.4) is 0 Å². The van der Waals surface area contributed by atoms with Crippen LogP contribution in [0.4, 0.5) is 19.1 Å². The molecule has 2 N–H and O–H groups in total. The van der Waals surface area contributed by atoms with Crippen LogP contribution >= 0.6 is 0 Å². The van der Waals surface area contributed by atoms with E-state index in [4.69, 9.17) is 4.42 Å². The second-order valence-electron chi connectivity index (χ2n) is 4.35. The number of fused-ring (bicyclic) bond motifs is 1. The average molecular weight is 323 g/mol. The Hall–Kier alpha value is -3.17. The number of amides is 1. The summed E-state index contributed by atoms with van der Waals surface area (Å²) in [7, 11) is 0. The molecule has 1 amide bonds. The molecule has 0 aliphatic carbocycles. The maximum Gasteiger partial charge on any atom is 0.451 e. The van der Waals surface area contributed by atoms with Crippen molar-refractivity contribution in [2.24, 2.45) is 0 Å². The van der Waals surface area contributed by atoms with Crippen molar-refractivity contribution in [2.75, 3.05) is 5.32 Å². The van der Waals surface area contributed by atoms with E-state index in [1.165, 1.54) is 6.08 Å². The lowest BCUT2D eigenvalue weighted by Crippen LogP contribution is -2.10. The highest BCUT2D eigenvalue weighted by atomic mass is 19.4. The smallest absolute Gasteiger partial charge is 0.437 e. The van der Waals surface area contributed by atoms with Gasteiger partial charge in [-0.15, -0.1) is 5.10 Å². The topological polar surface area (TPSA) is 96.7 Å². The third-order valence-corrected chi connectivity index (χ3v) is 2.68. The number of hydrogen-bond donors (Lipinski definition) is 2. The zero-order valence-corrected chi connectivity index (χ0v) is 11.3. The van der Waals surface area contributed by atoms with Crippen molar-refractivity contribution in [3.8, 4) is 0 Å². The average Bonchev–Trinajstić information content (AvgIpc) is 3.10. The molecule has 2 aromatic heterocycles. The van der Waals surface area contributed by atoms with Crippen LogP contribution < -0.4 is 5.32 Å². The highest BCUT2D eigenvalue weighted by Gasteiger charge is 2.35. The summed E-state index contributed by atoms with van der Waals surface area (Å²) in [5, 5.41) is 7.03. The van der Waals surface area contributed by atoms with E-state index in [9.17, 15) is 18.0 Å². The van der Waals surface area contributed by atoms with Gasteiger partial charge in [0.15, 0.2) is 5.58 Å². The number of alkyl halides is 3. The summed E-state index contributed by atoms with van der Waals surface area (Å²) in [4.78, 5) is 18.8. The normalized spacial score (nSPS) is 12.1. The van der Waals surface area contributed by atoms with Gasteiger partial charge in [-0.2, -0.15) is 18.2 Å². The molecule has 0 unspecified atom stereocenters. The van der Waals surface area contributed by atoms with Crippen molar-refractivity contribution in [1.29, 1.82) is 0 Å². The number of oxazole rings is 1. The predicted octanol–water partition coefficient (Wildman–Crippen LogP) is 2.62. The van der Waals surface area contributed by atoms with Crippen LogP contribution in [0, 0.1) is 0 Å². The van der Waals surface area contributed by atoms with Gasteiger partial charge >= 0.3 is 6.18 Å². The van der Waals surface area contributed by atoms with E-state index in [2.05, 4.69) is 20.4 Å². The maximum absolute atomic E-state index is 12.3. The minimum absolute atomic E-state index is 0.187. The van der Waals surface area contributed by atoms with Gasteiger partial charge in [0.1, 0.15) is 5.52 Å². The van der Waals surface area contributed by atoms with Gasteiger partial charge in [-0.3, -0.25) is 15.2 Å². The molecule has 1 aromatic carbocycles. The first-order valence-corrected chi connectivity index (χ1v) is 6.26. The lowest BCUT2D eigenvalue weighted by atomic mass is 10.3. The fourth-order valence-corrected chi connectivity index (χ4v) is 1.70. The summed E-state index contributed by atoms with van der Waals surface area (Å²) in [6, 6.07) is 7.01. The number of H-pyrrole nitrogens is 1. The number of halogens is 3. The van der Waals surface area contributed by atoms with E-state index in [1.54, 1.807) is 29.4 Å². The van der Waals surface area contributed by atoms with E-state index in [1.807, 2.05) is 0 Å². The third-order valence-electron chi connectivity index (χ3n) is 2.68. The summed E-state index contributed by atoms with van der Waals surface area (Å²) in [5.41, 5.74) is 1.17. The molecule has 0 fully saturated rings. The van der Waals surface area contributed by atoms with Gasteiger partial charge in [-0.05, 0) is 12.1 Å². The second-order valence-corrected chi connectivity index (χ2v) is 4.35. The van der Waals surface area contributed by atoms with E-state index < -0.39 is 23.9 Å². The van der Waals surface area contributed by atoms with Gasteiger partial charge in [0.2, 0.25) is 17.7 Å². The van der Waals surface area contributed by atoms with Crippen LogP contribution in [0.2, 0.25) is 0 Å². The van der Waals surface area contributed by atoms with Gasteiger partial charge in [0.25, 0.3) is 5.91 Å². The Kier molecular flexibility index (Phi) is 3.56. The fourth-order valence-electron chi connectivity index (χ4n) is 1.70. The predicted molar refractivity (Wildman–Crippen MR) is 73.1 cm³/mol. The second kappa shape index (κ2) is 5.55. The molecule has 0 spiro atoms. The largest absolute Gasteiger partial charge is 0.451 e. The number of hydrogen-bond acceptors (Lipinski definition) is 5. The maximum atomic E-state index is 12.3. The number of carbonyl (C=O) groups excluding carboxylic acids is 1. The molecule has 0 atom stereocenters. The molecule has 0 aliphatic rings. The summed E-state index contributed by atoms with van der Waals surface area (Å²) in [6.45, 7) is 0. The molecule has 118 valence electrons. The molecule has 3 aromatic rings. The number of nitrogens with zero attached hydrogens (tertiary/aromatic N) is 3. The van der Waals surface area contributed by atoms with Crippen LogP contribution in [-0.2, 0) is 11.0 Å². The van der Waals surface area contributed by atoms with E-state index in [-0.39, 0.29) is 5.89 Å². The number of nitrogens with one attached hydrogen (secondary N) is 2. The molecule has 10 heteroatoms. The monoisotopic (exact) mass is 323 g/mol. The van der Waals surface area contributed by atoms with Gasteiger partial charge in [-0.25, -0.2) is 4.98 Å². The molecular formula is C13H8F3N5O2. The standard InChI is InChI=1S/C13H8F3N5O2/c14-13(15,16)11-19-12(21-20-11)18-9(22)5-6-10-17-7-3-1-2-4-8(7)23-10/h1-6H,(H2,18,19,20,21,22). The van der Waals surface area contributed by atoms with Crippen molar-refractivity contribution < 1.29 is 22.4 Å². The molecule has 7 nitrogen and oxygen atoms in total. The van der Waals surface area contributed by atoms with Crippen LogP contribution in [-0.4, -0.2) is 26.1 Å². The van der Waals surface area contributed by atoms with Crippen molar-refractivity contribution in [3.63, 3.8) is 0 Å². The van der Waals surface area contributed by atoms with Crippen LogP contribution in [0.15, 0.2) is 34.8 Å². The van der Waals surface area contributed by atoms with E-state index in [0.717, 1.165) is 6.08 Å². The highest BCUT2D eigenvalue weighted by Crippen LogP contribution is 2.26. The van der Waals surface area contributed by atoms with Gasteiger partial charge in [0, 0.05) is 12.2 Å². The number of rotatable bonds is 3. The molecule has 0 saturated carbocycles. The first kappa shape index (κ1) is 14.8. The minimum Gasteiger partial charge on any atom is -0.437 e. The summed E-state index contributed by atoms with van der Waals surface area (Å²) < 4.78 is 42.3. The lowest BCUT2D eigenvalue weighted by Gasteiger charge is -1.98. The van der Waals surface area contributed by atoms with Crippen molar-refractivity contribution in [3.05, 3.63) is 42.1 Å². The molecular weight excluding hydrogens is 315 g/mol. The van der Waals surface area contributed by atoms with Crippen molar-refractivity contribution in [2.45, 2.75) is 6.18 Å². The number of para-hydroxylation sites is 2.